The minimum Gasteiger partial charge on any atom is -0.488 e. The lowest BCUT2D eigenvalue weighted by atomic mass is 10.1. The molecule has 1 atom stereocenters. The van der Waals surface area contributed by atoms with E-state index in [0.29, 0.717) is 13.1 Å². The standard InChI is InChI=1S/C23H29N5O2.HI/c1-24-22(26-16-20-14-18-8-2-3-10-21(18)30-20)25-15-17-7-6-9-19(13-17)27-23(29)28-11-4-5-12-28;/h2-3,6-10,13,20H,4-5,11-12,14-16H2,1H3,(H,27,29)(H2,24,25,26);1H. The van der Waals surface area contributed by atoms with Crippen molar-refractivity contribution < 1.29 is 9.53 Å². The molecule has 4 rings (SSSR count). The van der Waals surface area contributed by atoms with Crippen molar-refractivity contribution in [3.05, 3.63) is 59.7 Å². The van der Waals surface area contributed by atoms with Gasteiger partial charge in [0.25, 0.3) is 0 Å². The highest BCUT2D eigenvalue weighted by Gasteiger charge is 2.22. The van der Waals surface area contributed by atoms with Crippen LogP contribution in [0, 0.1) is 0 Å². The van der Waals surface area contributed by atoms with E-state index in [0.717, 1.165) is 55.3 Å². The van der Waals surface area contributed by atoms with Gasteiger partial charge in [-0.05, 0) is 42.2 Å². The summed E-state index contributed by atoms with van der Waals surface area (Å²) >= 11 is 0. The molecule has 1 unspecified atom stereocenters. The van der Waals surface area contributed by atoms with Crippen LogP contribution in [0.1, 0.15) is 24.0 Å². The van der Waals surface area contributed by atoms with E-state index in [-0.39, 0.29) is 36.1 Å². The first-order valence-electron chi connectivity index (χ1n) is 10.6. The second-order valence-corrected chi connectivity index (χ2v) is 7.68. The van der Waals surface area contributed by atoms with Crippen molar-refractivity contribution in [1.29, 1.82) is 0 Å². The first kappa shape index (κ1) is 23.2. The van der Waals surface area contributed by atoms with Crippen LogP contribution in [-0.4, -0.2) is 49.7 Å². The Morgan fingerprint density at radius 2 is 1.94 bits per heavy atom. The second-order valence-electron chi connectivity index (χ2n) is 7.68. The van der Waals surface area contributed by atoms with Crippen LogP contribution in [0.5, 0.6) is 5.75 Å². The van der Waals surface area contributed by atoms with E-state index in [9.17, 15) is 4.79 Å². The van der Waals surface area contributed by atoms with E-state index in [1.165, 1.54) is 5.56 Å². The van der Waals surface area contributed by atoms with Crippen LogP contribution in [0.4, 0.5) is 10.5 Å². The van der Waals surface area contributed by atoms with Crippen molar-refractivity contribution in [1.82, 2.24) is 15.5 Å². The molecule has 3 N–H and O–H groups in total. The summed E-state index contributed by atoms with van der Waals surface area (Å²) in [5.74, 6) is 1.70. The van der Waals surface area contributed by atoms with Crippen molar-refractivity contribution in [3.63, 3.8) is 0 Å². The maximum absolute atomic E-state index is 12.3. The number of hydrogen-bond donors (Lipinski definition) is 3. The molecule has 31 heavy (non-hydrogen) atoms. The number of carbonyl (C=O) groups is 1. The largest absolute Gasteiger partial charge is 0.488 e. The van der Waals surface area contributed by atoms with E-state index < -0.39 is 0 Å². The van der Waals surface area contributed by atoms with Crippen molar-refractivity contribution in [2.75, 3.05) is 32.0 Å². The predicted octanol–water partition coefficient (Wildman–Crippen LogP) is 3.60. The Morgan fingerprint density at radius 3 is 2.71 bits per heavy atom. The number of benzene rings is 2. The van der Waals surface area contributed by atoms with Gasteiger partial charge in [-0.15, -0.1) is 24.0 Å². The molecule has 166 valence electrons. The highest BCUT2D eigenvalue weighted by Crippen LogP contribution is 2.27. The van der Waals surface area contributed by atoms with Crippen molar-refractivity contribution >= 4 is 41.7 Å². The minimum atomic E-state index is -0.0207. The number of amides is 2. The van der Waals surface area contributed by atoms with Crippen LogP contribution in [-0.2, 0) is 13.0 Å². The van der Waals surface area contributed by atoms with Crippen LogP contribution < -0.4 is 20.7 Å². The average molecular weight is 535 g/mol. The predicted molar refractivity (Wildman–Crippen MR) is 134 cm³/mol. The zero-order chi connectivity index (χ0) is 20.8. The number of guanidine groups is 1. The number of likely N-dealkylation sites (tertiary alicyclic amines) is 1. The van der Waals surface area contributed by atoms with Crippen LogP contribution >= 0.6 is 24.0 Å². The molecule has 0 bridgehead atoms. The molecular formula is C23H30IN5O2. The van der Waals surface area contributed by atoms with Crippen molar-refractivity contribution in [2.45, 2.75) is 31.9 Å². The van der Waals surface area contributed by atoms with Gasteiger partial charge in [0.1, 0.15) is 11.9 Å². The molecule has 2 heterocycles. The topological polar surface area (TPSA) is 78.0 Å². The molecule has 0 radical (unpaired) electrons. The van der Waals surface area contributed by atoms with Crippen LogP contribution in [0.15, 0.2) is 53.5 Å². The van der Waals surface area contributed by atoms with Gasteiger partial charge in [0.15, 0.2) is 5.96 Å². The molecule has 2 aliphatic heterocycles. The number of nitrogens with zero attached hydrogens (tertiary/aromatic N) is 2. The molecular weight excluding hydrogens is 505 g/mol. The van der Waals surface area contributed by atoms with E-state index in [4.69, 9.17) is 4.74 Å². The summed E-state index contributed by atoms with van der Waals surface area (Å²) in [6.07, 6.45) is 3.17. The maximum atomic E-state index is 12.3. The summed E-state index contributed by atoms with van der Waals surface area (Å²) in [6, 6.07) is 16.0. The molecule has 2 aromatic rings. The Balaban J connectivity index is 0.00000272. The van der Waals surface area contributed by atoms with Crippen molar-refractivity contribution in [2.24, 2.45) is 4.99 Å². The average Bonchev–Trinajstić information content (AvgIpc) is 3.44. The SMILES string of the molecule is CN=C(NCc1cccc(NC(=O)N2CCCC2)c1)NCC1Cc2ccccc2O1.I. The van der Waals surface area contributed by atoms with Crippen LogP contribution in [0.25, 0.3) is 0 Å². The highest BCUT2D eigenvalue weighted by molar-refractivity contribution is 14.0. The number of halogens is 1. The monoisotopic (exact) mass is 535 g/mol. The molecule has 0 spiro atoms. The van der Waals surface area contributed by atoms with Gasteiger partial charge in [-0.3, -0.25) is 4.99 Å². The molecule has 2 amide bonds. The lowest BCUT2D eigenvalue weighted by Gasteiger charge is -2.17. The first-order valence-corrected chi connectivity index (χ1v) is 10.6. The number of anilines is 1. The molecule has 0 saturated carbocycles. The molecule has 8 heteroatoms. The number of para-hydroxylation sites is 1. The fraction of sp³-hybridized carbons (Fsp3) is 0.391. The van der Waals surface area contributed by atoms with Gasteiger partial charge >= 0.3 is 6.03 Å². The van der Waals surface area contributed by atoms with E-state index >= 15 is 0 Å². The van der Waals surface area contributed by atoms with E-state index in [1.807, 2.05) is 47.4 Å². The zero-order valence-electron chi connectivity index (χ0n) is 17.8. The van der Waals surface area contributed by atoms with Gasteiger partial charge < -0.3 is 25.6 Å². The summed E-state index contributed by atoms with van der Waals surface area (Å²) in [4.78, 5) is 18.4. The number of fused-ring (bicyclic) bond motifs is 1. The normalized spacial score (nSPS) is 17.4. The van der Waals surface area contributed by atoms with Crippen molar-refractivity contribution in [3.8, 4) is 5.75 Å². The molecule has 1 saturated heterocycles. The Labute approximate surface area is 200 Å². The van der Waals surface area contributed by atoms with Gasteiger partial charge in [-0.2, -0.15) is 0 Å². The number of urea groups is 1. The lowest BCUT2D eigenvalue weighted by molar-refractivity contribution is 0.222. The summed E-state index contributed by atoms with van der Waals surface area (Å²) in [5, 5.41) is 9.66. The first-order chi connectivity index (χ1) is 14.7. The van der Waals surface area contributed by atoms with E-state index in [1.54, 1.807) is 7.05 Å². The number of carbonyl (C=O) groups excluding carboxylic acids is 1. The Kier molecular flexibility index (Phi) is 8.39. The molecule has 1 fully saturated rings. The third kappa shape index (κ3) is 6.25. The summed E-state index contributed by atoms with van der Waals surface area (Å²) in [6.45, 7) is 2.97. The van der Waals surface area contributed by atoms with Gasteiger partial charge in [0, 0.05) is 38.8 Å². The van der Waals surface area contributed by atoms with Gasteiger partial charge in [-0.1, -0.05) is 30.3 Å². The van der Waals surface area contributed by atoms with Crippen LogP contribution in [0.3, 0.4) is 0 Å². The summed E-state index contributed by atoms with van der Waals surface area (Å²) in [5.41, 5.74) is 3.13. The number of ether oxygens (including phenoxy) is 1. The number of aliphatic imine (C=N–C) groups is 1. The number of nitrogens with one attached hydrogen (secondary N) is 3. The van der Waals surface area contributed by atoms with E-state index in [2.05, 4.69) is 27.0 Å². The molecule has 0 aromatic heterocycles. The minimum absolute atomic E-state index is 0. The second kappa shape index (κ2) is 11.2. The Bertz CT molecular complexity index is 889. The van der Waals surface area contributed by atoms with Gasteiger partial charge in [0.05, 0.1) is 6.54 Å². The quantitative estimate of drug-likeness (QED) is 0.311. The third-order valence-electron chi connectivity index (χ3n) is 5.47. The highest BCUT2D eigenvalue weighted by atomic mass is 127. The summed E-state index contributed by atoms with van der Waals surface area (Å²) in [7, 11) is 1.76. The third-order valence-corrected chi connectivity index (χ3v) is 5.47. The lowest BCUT2D eigenvalue weighted by Crippen LogP contribution is -2.41. The molecule has 2 aromatic carbocycles. The maximum Gasteiger partial charge on any atom is 0.321 e. The fourth-order valence-corrected chi connectivity index (χ4v) is 3.87. The Hall–Kier alpha value is -2.49. The molecule has 2 aliphatic rings. The number of hydrogen-bond acceptors (Lipinski definition) is 3. The smallest absolute Gasteiger partial charge is 0.321 e. The molecule has 7 nitrogen and oxygen atoms in total. The molecule has 0 aliphatic carbocycles. The van der Waals surface area contributed by atoms with Gasteiger partial charge in [0.2, 0.25) is 0 Å². The summed E-state index contributed by atoms with van der Waals surface area (Å²) < 4.78 is 5.97. The number of rotatable bonds is 5. The Morgan fingerprint density at radius 1 is 1.13 bits per heavy atom. The fourth-order valence-electron chi connectivity index (χ4n) is 3.87. The van der Waals surface area contributed by atoms with Gasteiger partial charge in [-0.25, -0.2) is 4.79 Å². The van der Waals surface area contributed by atoms with Crippen LogP contribution in [0.2, 0.25) is 0 Å². The zero-order valence-corrected chi connectivity index (χ0v) is 20.1.